The summed E-state index contributed by atoms with van der Waals surface area (Å²) in [5.74, 6) is -0.293. The first kappa shape index (κ1) is 22.9. The molecule has 1 aliphatic rings. The molecule has 1 unspecified atom stereocenters. The van der Waals surface area contributed by atoms with Gasteiger partial charge >= 0.3 is 0 Å². The third kappa shape index (κ3) is 5.91. The average Bonchev–Trinajstić information content (AvgIpc) is 2.96. The van der Waals surface area contributed by atoms with Crippen molar-refractivity contribution in [1.29, 1.82) is 0 Å². The van der Waals surface area contributed by atoms with Crippen molar-refractivity contribution in [1.82, 2.24) is 15.3 Å². The first-order valence-electron chi connectivity index (χ1n) is 10.7. The molecule has 0 aliphatic carbocycles. The van der Waals surface area contributed by atoms with Gasteiger partial charge in [-0.3, -0.25) is 14.4 Å². The highest BCUT2D eigenvalue weighted by Gasteiger charge is 2.34. The molecule has 3 N–H and O–H groups in total. The number of hydrogen-bond donors (Lipinski definition) is 2. The number of benzene rings is 2. The lowest BCUT2D eigenvalue weighted by Gasteiger charge is -2.29. The average molecular weight is 425 g/mol. The van der Waals surface area contributed by atoms with Crippen molar-refractivity contribution in [2.24, 2.45) is 5.73 Å². The lowest BCUT2D eigenvalue weighted by Crippen LogP contribution is -2.50. The van der Waals surface area contributed by atoms with Gasteiger partial charge in [0.1, 0.15) is 0 Å². The van der Waals surface area contributed by atoms with Gasteiger partial charge in [0.05, 0.1) is 19.6 Å². The summed E-state index contributed by atoms with van der Waals surface area (Å²) >= 11 is 0. The molecule has 0 spiro atoms. The van der Waals surface area contributed by atoms with E-state index in [4.69, 9.17) is 10.6 Å². The van der Waals surface area contributed by atoms with Gasteiger partial charge in [-0.25, -0.2) is 5.06 Å². The van der Waals surface area contributed by atoms with E-state index in [1.807, 2.05) is 41.3 Å². The minimum absolute atomic E-state index is 0.0218. The number of hydroxylamine groups is 2. The molecule has 0 saturated carbocycles. The van der Waals surface area contributed by atoms with Gasteiger partial charge in [0.2, 0.25) is 11.8 Å². The highest BCUT2D eigenvalue weighted by molar-refractivity contribution is 5.88. The maximum atomic E-state index is 13.5. The van der Waals surface area contributed by atoms with Crippen LogP contribution in [0.4, 0.5) is 0 Å². The number of carbonyl (C=O) groups excluding carboxylic acids is 2. The second-order valence-electron chi connectivity index (χ2n) is 7.88. The van der Waals surface area contributed by atoms with Crippen LogP contribution in [0.5, 0.6) is 0 Å². The molecule has 1 aliphatic heterocycles. The predicted octanol–water partition coefficient (Wildman–Crippen LogP) is 1.75. The second kappa shape index (κ2) is 11.0. The van der Waals surface area contributed by atoms with E-state index < -0.39 is 6.04 Å². The Kier molecular flexibility index (Phi) is 8.17. The zero-order chi connectivity index (χ0) is 22.2. The van der Waals surface area contributed by atoms with Gasteiger partial charge in [-0.15, -0.1) is 0 Å². The first-order valence-corrected chi connectivity index (χ1v) is 10.7. The van der Waals surface area contributed by atoms with Gasteiger partial charge in [0, 0.05) is 38.6 Å². The molecular weight excluding hydrogens is 392 g/mol. The largest absolute Gasteiger partial charge is 0.340 e. The summed E-state index contributed by atoms with van der Waals surface area (Å²) in [6.45, 7) is 1.54. The maximum absolute atomic E-state index is 13.5. The Labute approximate surface area is 184 Å². The van der Waals surface area contributed by atoms with Crippen molar-refractivity contribution >= 4 is 11.8 Å². The molecule has 0 bridgehead atoms. The highest BCUT2D eigenvalue weighted by Crippen LogP contribution is 2.27. The van der Waals surface area contributed by atoms with Crippen molar-refractivity contribution in [3.05, 3.63) is 71.8 Å². The topological polar surface area (TPSA) is 87.9 Å². The van der Waals surface area contributed by atoms with E-state index in [2.05, 4.69) is 29.6 Å². The first-order chi connectivity index (χ1) is 15.0. The van der Waals surface area contributed by atoms with Crippen LogP contribution in [0.2, 0.25) is 0 Å². The third-order valence-electron chi connectivity index (χ3n) is 5.89. The van der Waals surface area contributed by atoms with Gasteiger partial charge in [-0.1, -0.05) is 60.7 Å². The molecule has 2 aromatic rings. The standard InChI is InChI=1S/C24H32N4O3/c1-27(31-2)23(29)15-22-24(30)28(14-13-20(16-25)26-22)17-21(18-9-5-3-6-10-18)19-11-7-4-8-12-19/h3-12,20-22,26H,13-17,25H2,1-2H3/t20?,22-/m0/s1. The Morgan fingerprint density at radius 3 is 2.26 bits per heavy atom. The molecule has 31 heavy (non-hydrogen) atoms. The SMILES string of the molecule is CON(C)C(=O)C[C@@H]1NC(CN)CCN(CC(c2ccccc2)c2ccccc2)C1=O. The molecular formula is C24H32N4O3. The number of rotatable bonds is 8. The van der Waals surface area contributed by atoms with Crippen molar-refractivity contribution in [3.63, 3.8) is 0 Å². The van der Waals surface area contributed by atoms with Crippen molar-refractivity contribution in [2.75, 3.05) is 33.8 Å². The molecule has 1 fully saturated rings. The highest BCUT2D eigenvalue weighted by atomic mass is 16.7. The summed E-state index contributed by atoms with van der Waals surface area (Å²) in [5, 5.41) is 4.44. The van der Waals surface area contributed by atoms with Crippen LogP contribution in [0.1, 0.15) is 29.9 Å². The van der Waals surface area contributed by atoms with Crippen LogP contribution in [-0.2, 0) is 14.4 Å². The Balaban J connectivity index is 1.85. The Bertz CT molecular complexity index is 807. The molecule has 1 heterocycles. The summed E-state index contributed by atoms with van der Waals surface area (Å²) in [7, 11) is 2.97. The number of nitrogens with one attached hydrogen (secondary N) is 1. The summed E-state index contributed by atoms with van der Waals surface area (Å²) in [6.07, 6.45) is 0.765. The number of carbonyl (C=O) groups is 2. The zero-order valence-corrected chi connectivity index (χ0v) is 18.2. The van der Waals surface area contributed by atoms with Crippen LogP contribution < -0.4 is 11.1 Å². The van der Waals surface area contributed by atoms with Crippen LogP contribution in [-0.4, -0.2) is 67.7 Å². The lowest BCUT2D eigenvalue weighted by molar-refractivity contribution is -0.170. The normalized spacial score (nSPS) is 19.4. The van der Waals surface area contributed by atoms with Crippen molar-refractivity contribution in [3.8, 4) is 0 Å². The molecule has 0 aromatic heterocycles. The monoisotopic (exact) mass is 424 g/mol. The third-order valence-corrected chi connectivity index (χ3v) is 5.89. The van der Waals surface area contributed by atoms with Gasteiger partial charge in [0.25, 0.3) is 0 Å². The van der Waals surface area contributed by atoms with Gasteiger partial charge < -0.3 is 16.0 Å². The fourth-order valence-corrected chi connectivity index (χ4v) is 3.99. The Morgan fingerprint density at radius 1 is 1.16 bits per heavy atom. The van der Waals surface area contributed by atoms with Crippen LogP contribution in [0, 0.1) is 0 Å². The number of amides is 2. The van der Waals surface area contributed by atoms with Crippen LogP contribution in [0.15, 0.2) is 60.7 Å². The fraction of sp³-hybridized carbons (Fsp3) is 0.417. The molecule has 2 aromatic carbocycles. The van der Waals surface area contributed by atoms with Crippen LogP contribution >= 0.6 is 0 Å². The maximum Gasteiger partial charge on any atom is 0.247 e. The number of nitrogens with zero attached hydrogens (tertiary/aromatic N) is 2. The summed E-state index contributed by atoms with van der Waals surface area (Å²) in [6, 6.07) is 19.8. The number of hydrogen-bond acceptors (Lipinski definition) is 5. The van der Waals surface area contributed by atoms with E-state index in [0.29, 0.717) is 19.6 Å². The molecule has 7 nitrogen and oxygen atoms in total. The predicted molar refractivity (Wildman–Crippen MR) is 120 cm³/mol. The minimum atomic E-state index is -0.631. The molecule has 166 valence electrons. The number of nitrogens with two attached hydrogens (primary N) is 1. The molecule has 3 rings (SSSR count). The van der Waals surface area contributed by atoms with Crippen LogP contribution in [0.25, 0.3) is 0 Å². The fourth-order valence-electron chi connectivity index (χ4n) is 3.99. The molecule has 1 saturated heterocycles. The van der Waals surface area contributed by atoms with Crippen LogP contribution in [0.3, 0.4) is 0 Å². The second-order valence-corrected chi connectivity index (χ2v) is 7.88. The minimum Gasteiger partial charge on any atom is -0.340 e. The van der Waals surface area contributed by atoms with Crippen molar-refractivity contribution in [2.45, 2.75) is 30.8 Å². The van der Waals surface area contributed by atoms with E-state index in [0.717, 1.165) is 22.6 Å². The van der Waals surface area contributed by atoms with Gasteiger partial charge in [-0.2, -0.15) is 0 Å². The van der Waals surface area contributed by atoms with Gasteiger partial charge in [-0.05, 0) is 17.5 Å². The quantitative estimate of drug-likeness (QED) is 0.631. The zero-order valence-electron chi connectivity index (χ0n) is 18.2. The van der Waals surface area contributed by atoms with E-state index >= 15 is 0 Å². The lowest BCUT2D eigenvalue weighted by atomic mass is 9.90. The van der Waals surface area contributed by atoms with Gasteiger partial charge in [0.15, 0.2) is 0 Å². The molecule has 2 amide bonds. The molecule has 0 radical (unpaired) electrons. The Morgan fingerprint density at radius 2 is 1.74 bits per heavy atom. The summed E-state index contributed by atoms with van der Waals surface area (Å²) in [5.41, 5.74) is 8.22. The smallest absolute Gasteiger partial charge is 0.247 e. The van der Waals surface area contributed by atoms with Crippen molar-refractivity contribution < 1.29 is 14.4 Å². The molecule has 2 atom stereocenters. The summed E-state index contributed by atoms with van der Waals surface area (Å²) in [4.78, 5) is 32.7. The molecule has 7 heteroatoms. The van der Waals surface area contributed by atoms with E-state index in [9.17, 15) is 9.59 Å². The van der Waals surface area contributed by atoms with E-state index in [1.165, 1.54) is 7.11 Å². The van der Waals surface area contributed by atoms with E-state index in [-0.39, 0.29) is 30.2 Å². The summed E-state index contributed by atoms with van der Waals surface area (Å²) < 4.78 is 0. The van der Waals surface area contributed by atoms with E-state index in [1.54, 1.807) is 7.05 Å². The Hall–Kier alpha value is -2.74.